The van der Waals surface area contributed by atoms with E-state index in [1.165, 1.54) is 0 Å². The molecule has 0 spiro atoms. The number of aromatic amines is 1. The van der Waals surface area contributed by atoms with Crippen LogP contribution in [-0.4, -0.2) is 39.7 Å². The quantitative estimate of drug-likeness (QED) is 0.657. The van der Waals surface area contributed by atoms with E-state index in [9.17, 15) is 0 Å². The Morgan fingerprint density at radius 3 is 3.08 bits per heavy atom. The van der Waals surface area contributed by atoms with Crippen LogP contribution in [-0.2, 0) is 6.54 Å². The minimum absolute atomic E-state index is 0.319. The number of aliphatic hydroxyl groups is 1. The lowest BCUT2D eigenvalue weighted by Gasteiger charge is -2.37. The van der Waals surface area contributed by atoms with Gasteiger partial charge >= 0.3 is 0 Å². The summed E-state index contributed by atoms with van der Waals surface area (Å²) < 4.78 is 0. The molecule has 1 aliphatic rings. The fourth-order valence-corrected chi connectivity index (χ4v) is 1.53. The zero-order valence-corrected chi connectivity index (χ0v) is 6.90. The van der Waals surface area contributed by atoms with Gasteiger partial charge in [0.25, 0.3) is 0 Å². The maximum atomic E-state index is 8.78. The summed E-state index contributed by atoms with van der Waals surface area (Å²) >= 11 is 0. The Kier molecular flexibility index (Phi) is 2.10. The highest BCUT2D eigenvalue weighted by atomic mass is 16.3. The van der Waals surface area contributed by atoms with Crippen molar-refractivity contribution < 1.29 is 5.11 Å². The summed E-state index contributed by atoms with van der Waals surface area (Å²) in [6.45, 7) is 3.26. The molecule has 1 aromatic rings. The number of aromatic nitrogens is 2. The molecule has 1 saturated heterocycles. The van der Waals surface area contributed by atoms with Gasteiger partial charge in [-0.1, -0.05) is 0 Å². The number of hydrogen-bond acceptors (Lipinski definition) is 3. The van der Waals surface area contributed by atoms with E-state index in [1.54, 1.807) is 6.33 Å². The van der Waals surface area contributed by atoms with Gasteiger partial charge in [0.15, 0.2) is 0 Å². The van der Waals surface area contributed by atoms with Crippen molar-refractivity contribution in [2.45, 2.75) is 6.54 Å². The lowest BCUT2D eigenvalue weighted by atomic mass is 10.0. The molecule has 2 rings (SSSR count). The number of likely N-dealkylation sites (tertiary alicyclic amines) is 1. The van der Waals surface area contributed by atoms with Crippen molar-refractivity contribution in [1.29, 1.82) is 0 Å². The minimum Gasteiger partial charge on any atom is -0.396 e. The maximum absolute atomic E-state index is 8.78. The van der Waals surface area contributed by atoms with Gasteiger partial charge in [0.05, 0.1) is 6.33 Å². The van der Waals surface area contributed by atoms with Crippen LogP contribution in [0.15, 0.2) is 12.5 Å². The first kappa shape index (κ1) is 7.76. The summed E-state index contributed by atoms with van der Waals surface area (Å²) in [6.07, 6.45) is 3.53. The normalized spacial score (nSPS) is 19.4. The van der Waals surface area contributed by atoms with Crippen LogP contribution in [0.4, 0.5) is 0 Å². The Hall–Kier alpha value is -0.870. The molecule has 0 bridgehead atoms. The van der Waals surface area contributed by atoms with Crippen molar-refractivity contribution in [2.75, 3.05) is 19.7 Å². The Morgan fingerprint density at radius 2 is 2.50 bits per heavy atom. The van der Waals surface area contributed by atoms with Crippen molar-refractivity contribution in [3.63, 3.8) is 0 Å². The molecule has 1 aromatic heterocycles. The second-order valence-electron chi connectivity index (χ2n) is 3.32. The smallest absolute Gasteiger partial charge is 0.0922 e. The molecule has 4 nitrogen and oxygen atoms in total. The van der Waals surface area contributed by atoms with Gasteiger partial charge in [0, 0.05) is 44.0 Å². The van der Waals surface area contributed by atoms with Crippen molar-refractivity contribution >= 4 is 0 Å². The lowest BCUT2D eigenvalue weighted by molar-refractivity contribution is 0.0471. The SMILES string of the molecule is OCC1CN(Cc2cnc[nH]2)C1. The summed E-state index contributed by atoms with van der Waals surface area (Å²) in [5, 5.41) is 8.78. The lowest BCUT2D eigenvalue weighted by Crippen LogP contribution is -2.47. The number of imidazole rings is 1. The first-order chi connectivity index (χ1) is 5.88. The molecular weight excluding hydrogens is 154 g/mol. The second-order valence-corrected chi connectivity index (χ2v) is 3.32. The van der Waals surface area contributed by atoms with Crippen LogP contribution in [0.1, 0.15) is 5.69 Å². The van der Waals surface area contributed by atoms with Crippen LogP contribution < -0.4 is 0 Å². The van der Waals surface area contributed by atoms with Gasteiger partial charge in [-0.05, 0) is 0 Å². The minimum atomic E-state index is 0.319. The van der Waals surface area contributed by atoms with Crippen molar-refractivity contribution in [1.82, 2.24) is 14.9 Å². The van der Waals surface area contributed by atoms with Gasteiger partial charge in [0.2, 0.25) is 0 Å². The van der Waals surface area contributed by atoms with E-state index in [-0.39, 0.29) is 0 Å². The zero-order valence-electron chi connectivity index (χ0n) is 6.90. The van der Waals surface area contributed by atoms with Gasteiger partial charge in [0.1, 0.15) is 0 Å². The Morgan fingerprint density at radius 1 is 1.67 bits per heavy atom. The molecule has 0 atom stereocenters. The predicted octanol–water partition coefficient (Wildman–Crippen LogP) is -0.166. The Bertz CT molecular complexity index is 228. The van der Waals surface area contributed by atoms with Crippen LogP contribution in [0.5, 0.6) is 0 Å². The summed E-state index contributed by atoms with van der Waals surface area (Å²) in [5.74, 6) is 0.493. The molecule has 0 radical (unpaired) electrons. The monoisotopic (exact) mass is 167 g/mol. The van der Waals surface area contributed by atoms with E-state index >= 15 is 0 Å². The van der Waals surface area contributed by atoms with Gasteiger partial charge in [-0.25, -0.2) is 4.98 Å². The molecule has 2 heterocycles. The first-order valence-corrected chi connectivity index (χ1v) is 4.19. The number of hydrogen-bond donors (Lipinski definition) is 2. The Balaban J connectivity index is 1.77. The van der Waals surface area contributed by atoms with E-state index in [2.05, 4.69) is 14.9 Å². The summed E-state index contributed by atoms with van der Waals surface area (Å²) in [6, 6.07) is 0. The van der Waals surface area contributed by atoms with E-state index in [0.29, 0.717) is 12.5 Å². The van der Waals surface area contributed by atoms with Crippen LogP contribution >= 0.6 is 0 Å². The fraction of sp³-hybridized carbons (Fsp3) is 0.625. The highest BCUT2D eigenvalue weighted by molar-refractivity contribution is 4.96. The van der Waals surface area contributed by atoms with Crippen molar-refractivity contribution in [3.8, 4) is 0 Å². The standard InChI is InChI=1S/C8H13N3O/c12-5-7-2-11(3-7)4-8-1-9-6-10-8/h1,6-7,12H,2-5H2,(H,9,10). The van der Waals surface area contributed by atoms with Gasteiger partial charge in [-0.2, -0.15) is 0 Å². The number of rotatable bonds is 3. The van der Waals surface area contributed by atoms with E-state index < -0.39 is 0 Å². The molecule has 66 valence electrons. The molecule has 1 fully saturated rings. The van der Waals surface area contributed by atoms with Crippen LogP contribution in [0, 0.1) is 5.92 Å². The zero-order chi connectivity index (χ0) is 8.39. The molecule has 2 N–H and O–H groups in total. The third-order valence-electron chi connectivity index (χ3n) is 2.24. The maximum Gasteiger partial charge on any atom is 0.0922 e. The largest absolute Gasteiger partial charge is 0.396 e. The summed E-state index contributed by atoms with van der Waals surface area (Å²) in [7, 11) is 0. The molecule has 1 aliphatic heterocycles. The van der Waals surface area contributed by atoms with Crippen molar-refractivity contribution in [3.05, 3.63) is 18.2 Å². The fourth-order valence-electron chi connectivity index (χ4n) is 1.53. The summed E-state index contributed by atoms with van der Waals surface area (Å²) in [5.41, 5.74) is 1.14. The molecule has 0 unspecified atom stereocenters. The molecular formula is C8H13N3O. The van der Waals surface area contributed by atoms with Gasteiger partial charge in [-0.15, -0.1) is 0 Å². The van der Waals surface area contributed by atoms with Gasteiger partial charge < -0.3 is 10.1 Å². The number of nitrogens with zero attached hydrogens (tertiary/aromatic N) is 2. The number of nitrogens with one attached hydrogen (secondary N) is 1. The highest BCUT2D eigenvalue weighted by Crippen LogP contribution is 2.16. The number of H-pyrrole nitrogens is 1. The van der Waals surface area contributed by atoms with Crippen LogP contribution in [0.2, 0.25) is 0 Å². The predicted molar refractivity (Wildman–Crippen MR) is 44.4 cm³/mol. The second kappa shape index (κ2) is 3.25. The third-order valence-corrected chi connectivity index (χ3v) is 2.24. The third kappa shape index (κ3) is 1.49. The molecule has 0 saturated carbocycles. The number of aliphatic hydroxyl groups excluding tert-OH is 1. The average molecular weight is 167 g/mol. The molecule has 4 heteroatoms. The van der Waals surface area contributed by atoms with E-state index in [4.69, 9.17) is 5.11 Å². The average Bonchev–Trinajstić information content (AvgIpc) is 2.47. The highest BCUT2D eigenvalue weighted by Gasteiger charge is 2.25. The summed E-state index contributed by atoms with van der Waals surface area (Å²) in [4.78, 5) is 9.28. The van der Waals surface area contributed by atoms with E-state index in [0.717, 1.165) is 25.3 Å². The Labute approximate surface area is 71.2 Å². The van der Waals surface area contributed by atoms with Gasteiger partial charge in [-0.3, -0.25) is 4.90 Å². The molecule has 0 amide bonds. The molecule has 12 heavy (non-hydrogen) atoms. The van der Waals surface area contributed by atoms with Crippen LogP contribution in [0.25, 0.3) is 0 Å². The van der Waals surface area contributed by atoms with E-state index in [1.807, 2.05) is 6.20 Å². The molecule has 0 aromatic carbocycles. The van der Waals surface area contributed by atoms with Crippen LogP contribution in [0.3, 0.4) is 0 Å². The first-order valence-electron chi connectivity index (χ1n) is 4.19. The van der Waals surface area contributed by atoms with Crippen molar-refractivity contribution in [2.24, 2.45) is 5.92 Å². The topological polar surface area (TPSA) is 52.1 Å². The molecule has 0 aliphatic carbocycles.